The molecule has 0 saturated carbocycles. The summed E-state index contributed by atoms with van der Waals surface area (Å²) in [4.78, 5) is 12.7. The third-order valence-corrected chi connectivity index (χ3v) is 22.3. The highest BCUT2D eigenvalue weighted by molar-refractivity contribution is 5.96. The fraction of sp³-hybridized carbons (Fsp3) is 0.242. The highest BCUT2D eigenvalue weighted by Crippen LogP contribution is 2.57. The van der Waals surface area contributed by atoms with E-state index < -0.39 is 11.0 Å². The average Bonchev–Trinajstić information content (AvgIpc) is 1.54. The number of aromatic hydroxyl groups is 5. The Kier molecular flexibility index (Phi) is 42.5. The molecule has 0 saturated heterocycles. The van der Waals surface area contributed by atoms with Crippen LogP contribution in [0.15, 0.2) is 358 Å². The van der Waals surface area contributed by atoms with Gasteiger partial charge in [0.2, 0.25) is 0 Å². The SMILES string of the molecule is CCC.CCC.CCC.CCc1cc(C2(c3ccc(O)c(CC)c3)OC(=O)c3ccccc32)ccc1O.CCc1ccc(C(c2ccc(O)cc2)c2ccc(CC)cc2)cc1.CO.CO.Cc1ccc(C2(c3ccc(O)c(C)c3)c3ccccc3-c3ccccc32)cc1C.Cc1ccc(Cc2cccc(Cc3ccc(C)cc3)c2O)cc1.c1ccccc1.c1ccccc1. The molecule has 0 spiro atoms. The number of hydrogen-bond acceptors (Lipinski definition) is 9. The summed E-state index contributed by atoms with van der Waals surface area (Å²) in [5, 5.41) is 64.8. The molecule has 0 unspecified atom stereocenters. The molecule has 0 bridgehead atoms. The van der Waals surface area contributed by atoms with Crippen LogP contribution in [0.2, 0.25) is 0 Å². The third-order valence-electron chi connectivity index (χ3n) is 22.3. The zero-order chi connectivity index (χ0) is 93.8. The Labute approximate surface area is 770 Å². The predicted octanol–water partition coefficient (Wildman–Crippen LogP) is 29.1. The summed E-state index contributed by atoms with van der Waals surface area (Å²) in [7, 11) is 2.00. The van der Waals surface area contributed by atoms with Gasteiger partial charge < -0.3 is 40.5 Å². The van der Waals surface area contributed by atoms with E-state index in [2.05, 4.69) is 259 Å². The van der Waals surface area contributed by atoms with Crippen molar-refractivity contribution in [3.05, 3.63) is 491 Å². The molecule has 0 radical (unpaired) electrons. The van der Waals surface area contributed by atoms with Gasteiger partial charge in [-0.1, -0.05) is 409 Å². The monoisotopic (exact) mass is 1720 g/mol. The minimum absolute atomic E-state index is 0.183. The molecule has 0 amide bonds. The number of aliphatic hydroxyl groups excluding tert-OH is 2. The molecule has 1 aliphatic carbocycles. The van der Waals surface area contributed by atoms with Gasteiger partial charge >= 0.3 is 5.97 Å². The molecule has 0 aromatic heterocycles. The summed E-state index contributed by atoms with van der Waals surface area (Å²) >= 11 is 0. The topological polar surface area (TPSA) is 168 Å². The van der Waals surface area contributed by atoms with Crippen molar-refractivity contribution in [2.24, 2.45) is 0 Å². The van der Waals surface area contributed by atoms with Crippen LogP contribution in [0, 0.1) is 34.6 Å². The molecule has 15 aromatic carbocycles. The van der Waals surface area contributed by atoms with Crippen LogP contribution in [0.25, 0.3) is 11.1 Å². The lowest BCUT2D eigenvalue weighted by molar-refractivity contribution is 0.0251. The van der Waals surface area contributed by atoms with Crippen molar-refractivity contribution >= 4 is 5.97 Å². The van der Waals surface area contributed by atoms with Gasteiger partial charge in [-0.05, 0) is 220 Å². The minimum Gasteiger partial charge on any atom is -0.508 e. The number of aliphatic hydroxyl groups is 2. The molecule has 1 aliphatic heterocycles. The maximum Gasteiger partial charge on any atom is 0.340 e. The van der Waals surface area contributed by atoms with Crippen molar-refractivity contribution in [1.82, 2.24) is 0 Å². The van der Waals surface area contributed by atoms with Crippen LogP contribution in [0.3, 0.4) is 0 Å². The van der Waals surface area contributed by atoms with Crippen molar-refractivity contribution in [2.75, 3.05) is 14.2 Å². The normalized spacial score (nSPS) is 11.5. The van der Waals surface area contributed by atoms with Crippen molar-refractivity contribution in [3.8, 4) is 39.9 Å². The zero-order valence-electron chi connectivity index (χ0n) is 79.0. The summed E-state index contributed by atoms with van der Waals surface area (Å²) in [6.45, 7) is 31.5. The number of hydrogen-bond donors (Lipinski definition) is 7. The highest BCUT2D eigenvalue weighted by Gasteiger charge is 2.49. The first-order valence-electron chi connectivity index (χ1n) is 45.4. The van der Waals surface area contributed by atoms with E-state index in [1.54, 1.807) is 42.5 Å². The smallest absolute Gasteiger partial charge is 0.340 e. The molecule has 9 heteroatoms. The summed E-state index contributed by atoms with van der Waals surface area (Å²) < 4.78 is 6.07. The van der Waals surface area contributed by atoms with Crippen molar-refractivity contribution in [1.29, 1.82) is 0 Å². The number of fused-ring (bicyclic) bond motifs is 4. The number of phenols is 5. The van der Waals surface area contributed by atoms with Gasteiger partial charge in [0.15, 0.2) is 5.60 Å². The second-order valence-electron chi connectivity index (χ2n) is 32.0. The van der Waals surface area contributed by atoms with Gasteiger partial charge in [0.25, 0.3) is 0 Å². The largest absolute Gasteiger partial charge is 0.508 e. The van der Waals surface area contributed by atoms with Crippen LogP contribution in [0.4, 0.5) is 0 Å². The number of ether oxygens (including phenoxy) is 1. The molecular formula is C120H136O9. The summed E-state index contributed by atoms with van der Waals surface area (Å²) in [5.41, 5.74) is 27.4. The zero-order valence-corrected chi connectivity index (χ0v) is 79.0. The molecule has 17 rings (SSSR count). The van der Waals surface area contributed by atoms with E-state index in [1.807, 2.05) is 160 Å². The highest BCUT2D eigenvalue weighted by atomic mass is 16.6. The molecule has 9 nitrogen and oxygen atoms in total. The lowest BCUT2D eigenvalue weighted by Crippen LogP contribution is -2.29. The fourth-order valence-electron chi connectivity index (χ4n) is 15.6. The molecule has 0 fully saturated rings. The van der Waals surface area contributed by atoms with Crippen LogP contribution in [-0.4, -0.2) is 55.9 Å². The Bertz CT molecular complexity index is 5440. The maximum atomic E-state index is 12.7. The van der Waals surface area contributed by atoms with Crippen LogP contribution in [0.5, 0.6) is 28.7 Å². The number of phenolic OH excluding ortho intramolecular Hbond substituents is 5. The quantitative estimate of drug-likeness (QED) is 0.0390. The fourth-order valence-corrected chi connectivity index (χ4v) is 15.6. The van der Waals surface area contributed by atoms with Crippen LogP contribution >= 0.6 is 0 Å². The Balaban J connectivity index is 0.000000216. The molecule has 2 aliphatic rings. The second kappa shape index (κ2) is 53.4. The summed E-state index contributed by atoms with van der Waals surface area (Å²) in [6, 6.07) is 121. The third kappa shape index (κ3) is 27.4. The number of carbonyl (C=O) groups is 1. The van der Waals surface area contributed by atoms with E-state index in [0.717, 1.165) is 84.4 Å². The van der Waals surface area contributed by atoms with Crippen molar-refractivity contribution < 1.29 is 45.3 Å². The second-order valence-corrected chi connectivity index (χ2v) is 32.0. The van der Waals surface area contributed by atoms with Crippen LogP contribution in [0.1, 0.15) is 233 Å². The number of cyclic esters (lactones) is 1. The van der Waals surface area contributed by atoms with Gasteiger partial charge in [-0.2, -0.15) is 0 Å². The van der Waals surface area contributed by atoms with Gasteiger partial charge in [0.1, 0.15) is 28.7 Å². The van der Waals surface area contributed by atoms with Crippen molar-refractivity contribution in [2.45, 2.75) is 179 Å². The summed E-state index contributed by atoms with van der Waals surface area (Å²) in [5.74, 6) is 1.31. The number of rotatable bonds is 15. The standard InChI is InChI=1S/C28H24O.C24H22O4.C23H24O.C22H22O.2C6H6.3C3H8.2CH4O/c1-18-12-13-21(16-19(18)2)28(22-14-15-27(29)20(3)17-22)25-10-6-4-8-23(25)24-9-5-7-11-26(24)28;1-3-15-13-17(9-11-21(15)25)24(18-10-12-22(26)16(4-2)14-18)20-8-6-5-7-19(20)23(27)28-24;1-3-17-5-9-19(10-6-17)23(21-13-15-22(24)16-14-21)20-11-7-18(4-2)8-12-20;1-16-6-10-18(11-7-16)14-20-4-3-5-21(22(20)23)15-19-12-8-17(2)9-13-19;2*1-2-4-6-5-3-1;3*1-3-2;2*1-2/h4-17,29H,1-3H3;5-14,25-26H,3-4H2,1-2H3;5-16,23-24H,3-4H2,1-2H3;3-13,23H,14-15H2,1-2H3;2*1-6H;3*3H2,1-2H3;2*2H,1H3. The molecule has 7 N–H and O–H groups in total. The number of carbonyl (C=O) groups excluding carboxylic acids is 1. The minimum atomic E-state index is -1.12. The van der Waals surface area contributed by atoms with E-state index >= 15 is 0 Å². The number of para-hydroxylation sites is 1. The lowest BCUT2D eigenvalue weighted by Gasteiger charge is -2.34. The molecule has 15 aromatic rings. The van der Waals surface area contributed by atoms with Gasteiger partial charge in [-0.3, -0.25) is 0 Å². The molecular weight excluding hydrogens is 1590 g/mol. The molecule has 0 atom stereocenters. The first-order valence-corrected chi connectivity index (χ1v) is 45.4. The van der Waals surface area contributed by atoms with E-state index in [4.69, 9.17) is 14.9 Å². The van der Waals surface area contributed by atoms with E-state index in [-0.39, 0.29) is 23.4 Å². The Morgan fingerprint density at radius 3 is 0.969 bits per heavy atom. The number of benzene rings is 15. The van der Waals surface area contributed by atoms with Crippen molar-refractivity contribution in [3.63, 3.8) is 0 Å². The first kappa shape index (κ1) is 103. The summed E-state index contributed by atoms with van der Waals surface area (Å²) in [6.07, 6.45) is 8.68. The molecule has 129 heavy (non-hydrogen) atoms. The number of esters is 1. The van der Waals surface area contributed by atoms with Crippen LogP contribution in [-0.2, 0) is 54.3 Å². The lowest BCUT2D eigenvalue weighted by atomic mass is 9.67. The van der Waals surface area contributed by atoms with Gasteiger partial charge in [-0.15, -0.1) is 0 Å². The predicted molar refractivity (Wildman–Crippen MR) is 540 cm³/mol. The van der Waals surface area contributed by atoms with Crippen LogP contribution < -0.4 is 0 Å². The number of aryl methyl sites for hydroxylation is 9. The Morgan fingerprint density at radius 2 is 0.605 bits per heavy atom. The average molecular weight is 1720 g/mol. The van der Waals surface area contributed by atoms with Gasteiger partial charge in [0.05, 0.1) is 11.0 Å². The molecule has 1 heterocycles. The van der Waals surface area contributed by atoms with Gasteiger partial charge in [-0.25, -0.2) is 4.79 Å². The van der Waals surface area contributed by atoms with Gasteiger partial charge in [0, 0.05) is 49.7 Å². The van der Waals surface area contributed by atoms with E-state index in [9.17, 15) is 30.3 Å². The van der Waals surface area contributed by atoms with E-state index in [1.165, 1.54) is 114 Å². The Hall–Kier alpha value is -13.3. The van der Waals surface area contributed by atoms with E-state index in [0.29, 0.717) is 35.7 Å². The maximum absolute atomic E-state index is 12.7. The first-order chi connectivity index (χ1) is 62.6. The Morgan fingerprint density at radius 1 is 0.279 bits per heavy atom. The molecule has 670 valence electrons.